The fourth-order valence-corrected chi connectivity index (χ4v) is 4.75. The highest BCUT2D eigenvalue weighted by atomic mass is 15.4. The van der Waals surface area contributed by atoms with Crippen LogP contribution in [0.25, 0.3) is 0 Å². The molecule has 2 aliphatic rings. The molecule has 0 amide bonds. The van der Waals surface area contributed by atoms with Gasteiger partial charge in [0.2, 0.25) is 0 Å². The second-order valence-electron chi connectivity index (χ2n) is 8.02. The third-order valence-corrected chi connectivity index (χ3v) is 5.34. The van der Waals surface area contributed by atoms with Crippen LogP contribution in [-0.4, -0.2) is 28.6 Å². The van der Waals surface area contributed by atoms with Gasteiger partial charge in [-0.25, -0.2) is 4.98 Å². The SMILES string of the molecule is CCN1C2Nc3ncccc3C2C(C(C)C)C1C(C)(C)C. The molecule has 1 saturated heterocycles. The Morgan fingerprint density at radius 3 is 2.62 bits per heavy atom. The van der Waals surface area contributed by atoms with Crippen molar-refractivity contribution in [1.29, 1.82) is 0 Å². The van der Waals surface area contributed by atoms with Gasteiger partial charge in [-0.15, -0.1) is 0 Å². The third-order valence-electron chi connectivity index (χ3n) is 5.34. The molecule has 4 atom stereocenters. The normalized spacial score (nSPS) is 32.1. The lowest BCUT2D eigenvalue weighted by molar-refractivity contribution is 0.0842. The maximum atomic E-state index is 4.55. The summed E-state index contributed by atoms with van der Waals surface area (Å²) in [5.74, 6) is 3.01. The quantitative estimate of drug-likeness (QED) is 0.893. The molecule has 0 spiro atoms. The van der Waals surface area contributed by atoms with Crippen molar-refractivity contribution < 1.29 is 0 Å². The summed E-state index contributed by atoms with van der Waals surface area (Å²) < 4.78 is 0. The van der Waals surface area contributed by atoms with Crippen LogP contribution < -0.4 is 5.32 Å². The molecule has 4 unspecified atom stereocenters. The number of nitrogens with zero attached hydrogens (tertiary/aromatic N) is 2. The summed E-state index contributed by atoms with van der Waals surface area (Å²) in [6.07, 6.45) is 2.31. The number of fused-ring (bicyclic) bond motifs is 3. The Morgan fingerprint density at radius 2 is 2.05 bits per heavy atom. The van der Waals surface area contributed by atoms with Crippen molar-refractivity contribution in [2.75, 3.05) is 11.9 Å². The maximum Gasteiger partial charge on any atom is 0.130 e. The topological polar surface area (TPSA) is 28.2 Å². The van der Waals surface area contributed by atoms with E-state index in [0.717, 1.165) is 12.4 Å². The Kier molecular flexibility index (Phi) is 3.52. The molecule has 0 aliphatic carbocycles. The van der Waals surface area contributed by atoms with Crippen molar-refractivity contribution in [3.63, 3.8) is 0 Å². The molecule has 1 fully saturated rings. The summed E-state index contributed by atoms with van der Waals surface area (Å²) >= 11 is 0. The lowest BCUT2D eigenvalue weighted by Crippen LogP contribution is -2.47. The van der Waals surface area contributed by atoms with E-state index >= 15 is 0 Å². The van der Waals surface area contributed by atoms with Crippen LogP contribution in [0, 0.1) is 17.3 Å². The van der Waals surface area contributed by atoms with Gasteiger partial charge in [0.25, 0.3) is 0 Å². The summed E-state index contributed by atoms with van der Waals surface area (Å²) in [5.41, 5.74) is 1.71. The van der Waals surface area contributed by atoms with Crippen LogP contribution >= 0.6 is 0 Å². The van der Waals surface area contributed by atoms with E-state index in [1.54, 1.807) is 0 Å². The van der Waals surface area contributed by atoms with Crippen LogP contribution in [-0.2, 0) is 0 Å². The second-order valence-corrected chi connectivity index (χ2v) is 8.02. The monoisotopic (exact) mass is 287 g/mol. The first kappa shape index (κ1) is 14.8. The minimum absolute atomic E-state index is 0.291. The number of pyridine rings is 1. The number of likely N-dealkylation sites (tertiary alicyclic amines) is 1. The van der Waals surface area contributed by atoms with Crippen molar-refractivity contribution in [2.45, 2.75) is 59.7 Å². The Labute approximate surface area is 129 Å². The number of hydrogen-bond donors (Lipinski definition) is 1. The van der Waals surface area contributed by atoms with Crippen molar-refractivity contribution >= 4 is 5.82 Å². The zero-order valence-electron chi connectivity index (χ0n) is 14.2. The van der Waals surface area contributed by atoms with Gasteiger partial charge in [-0.05, 0) is 29.9 Å². The zero-order chi connectivity index (χ0) is 15.4. The van der Waals surface area contributed by atoms with E-state index in [1.165, 1.54) is 5.56 Å². The summed E-state index contributed by atoms with van der Waals surface area (Å²) in [6.45, 7) is 15.3. The summed E-state index contributed by atoms with van der Waals surface area (Å²) in [4.78, 5) is 7.23. The van der Waals surface area contributed by atoms with Gasteiger partial charge in [-0.3, -0.25) is 4.90 Å². The van der Waals surface area contributed by atoms with Gasteiger partial charge in [0.05, 0.1) is 6.17 Å². The fourth-order valence-electron chi connectivity index (χ4n) is 4.75. The molecule has 3 nitrogen and oxygen atoms in total. The highest BCUT2D eigenvalue weighted by Crippen LogP contribution is 2.54. The summed E-state index contributed by atoms with van der Waals surface area (Å²) in [6, 6.07) is 4.97. The minimum atomic E-state index is 0.291. The number of hydrogen-bond acceptors (Lipinski definition) is 3. The van der Waals surface area contributed by atoms with Gasteiger partial charge in [-0.1, -0.05) is 47.6 Å². The fraction of sp³-hybridized carbons (Fsp3) is 0.722. The highest BCUT2D eigenvalue weighted by molar-refractivity contribution is 5.55. The summed E-state index contributed by atoms with van der Waals surface area (Å²) in [5, 5.41) is 3.70. The molecule has 3 heterocycles. The van der Waals surface area contributed by atoms with Crippen molar-refractivity contribution in [2.24, 2.45) is 17.3 Å². The van der Waals surface area contributed by atoms with Gasteiger partial charge in [0.1, 0.15) is 5.82 Å². The Morgan fingerprint density at radius 1 is 1.33 bits per heavy atom. The first-order chi connectivity index (χ1) is 9.86. The molecule has 0 aromatic carbocycles. The number of aromatic nitrogens is 1. The number of anilines is 1. The minimum Gasteiger partial charge on any atom is -0.354 e. The lowest BCUT2D eigenvalue weighted by atomic mass is 9.70. The van der Waals surface area contributed by atoms with E-state index in [9.17, 15) is 0 Å². The number of likely N-dealkylation sites (N-methyl/N-ethyl adjacent to an activating group) is 1. The molecular formula is C18H29N3. The van der Waals surface area contributed by atoms with E-state index in [0.29, 0.717) is 35.4 Å². The summed E-state index contributed by atoms with van der Waals surface area (Å²) in [7, 11) is 0. The van der Waals surface area contributed by atoms with Gasteiger partial charge in [0, 0.05) is 23.7 Å². The Hall–Kier alpha value is -1.09. The number of rotatable bonds is 2. The molecule has 1 aromatic rings. The van der Waals surface area contributed by atoms with Crippen LogP contribution in [0.4, 0.5) is 5.82 Å². The van der Waals surface area contributed by atoms with Crippen molar-refractivity contribution in [3.05, 3.63) is 23.9 Å². The van der Waals surface area contributed by atoms with Gasteiger partial charge in [-0.2, -0.15) is 0 Å². The lowest BCUT2D eigenvalue weighted by Gasteiger charge is -2.41. The molecule has 3 rings (SSSR count). The van der Waals surface area contributed by atoms with Gasteiger partial charge in [0.15, 0.2) is 0 Å². The Bertz CT molecular complexity index is 517. The molecule has 0 bridgehead atoms. The predicted molar refractivity (Wildman–Crippen MR) is 88.3 cm³/mol. The molecule has 3 heteroatoms. The molecule has 116 valence electrons. The van der Waals surface area contributed by atoms with Gasteiger partial charge < -0.3 is 5.32 Å². The van der Waals surface area contributed by atoms with Crippen molar-refractivity contribution in [1.82, 2.24) is 9.88 Å². The maximum absolute atomic E-state index is 4.55. The standard InChI is InChI=1S/C18H29N3/c1-7-21-15(18(4,5)6)13(11(2)3)14-12-9-8-10-19-16(12)20-17(14)21/h8-11,13-15,17H,7H2,1-6H3,(H,19,20). The molecule has 21 heavy (non-hydrogen) atoms. The zero-order valence-corrected chi connectivity index (χ0v) is 14.2. The molecule has 0 radical (unpaired) electrons. The molecule has 2 aliphatic heterocycles. The van der Waals surface area contributed by atoms with E-state index in [-0.39, 0.29) is 0 Å². The van der Waals surface area contributed by atoms with E-state index in [1.807, 2.05) is 6.20 Å². The average molecular weight is 287 g/mol. The molecule has 0 saturated carbocycles. The van der Waals surface area contributed by atoms with Crippen LogP contribution in [0.1, 0.15) is 53.0 Å². The van der Waals surface area contributed by atoms with Crippen LogP contribution in [0.3, 0.4) is 0 Å². The second kappa shape index (κ2) is 4.98. The van der Waals surface area contributed by atoms with Crippen LogP contribution in [0.2, 0.25) is 0 Å². The van der Waals surface area contributed by atoms with E-state index < -0.39 is 0 Å². The Balaban J connectivity index is 2.09. The number of nitrogens with one attached hydrogen (secondary N) is 1. The van der Waals surface area contributed by atoms with Gasteiger partial charge >= 0.3 is 0 Å². The van der Waals surface area contributed by atoms with Crippen LogP contribution in [0.5, 0.6) is 0 Å². The third kappa shape index (κ3) is 2.17. The molecule has 1 aromatic heterocycles. The van der Waals surface area contributed by atoms with E-state index in [4.69, 9.17) is 0 Å². The van der Waals surface area contributed by atoms with Crippen molar-refractivity contribution in [3.8, 4) is 0 Å². The predicted octanol–water partition coefficient (Wildman–Crippen LogP) is 3.94. The first-order valence-electron chi connectivity index (χ1n) is 8.33. The van der Waals surface area contributed by atoms with E-state index in [2.05, 4.69) is 68.9 Å². The largest absolute Gasteiger partial charge is 0.354 e. The van der Waals surface area contributed by atoms with Crippen LogP contribution in [0.15, 0.2) is 18.3 Å². The highest BCUT2D eigenvalue weighted by Gasteiger charge is 2.56. The molecule has 1 N–H and O–H groups in total. The first-order valence-corrected chi connectivity index (χ1v) is 8.33. The average Bonchev–Trinajstić information content (AvgIpc) is 2.91. The smallest absolute Gasteiger partial charge is 0.130 e. The molecular weight excluding hydrogens is 258 g/mol.